The van der Waals surface area contributed by atoms with E-state index in [1.165, 1.54) is 0 Å². The SMILES string of the molecule is COC(=O)[C@@](Cl)(C(C)=O)[C@H](NC(=O)OC(C)(C)C)c1ccccc1. The van der Waals surface area contributed by atoms with Crippen molar-refractivity contribution in [2.24, 2.45) is 0 Å². The lowest BCUT2D eigenvalue weighted by molar-refractivity contribution is -0.148. The maximum Gasteiger partial charge on any atom is 0.408 e. The second kappa shape index (κ2) is 7.66. The molecule has 2 atom stereocenters. The second-order valence-corrected chi connectivity index (χ2v) is 6.85. The van der Waals surface area contributed by atoms with E-state index in [9.17, 15) is 14.4 Å². The number of alkyl halides is 1. The molecule has 1 aromatic rings. The molecule has 0 heterocycles. The second-order valence-electron chi connectivity index (χ2n) is 6.25. The van der Waals surface area contributed by atoms with Gasteiger partial charge in [-0.15, -0.1) is 0 Å². The number of benzene rings is 1. The number of nitrogens with one attached hydrogen (secondary N) is 1. The normalized spacial score (nSPS) is 14.9. The van der Waals surface area contributed by atoms with E-state index >= 15 is 0 Å². The highest BCUT2D eigenvalue weighted by Crippen LogP contribution is 2.35. The van der Waals surface area contributed by atoms with E-state index < -0.39 is 34.4 Å². The summed E-state index contributed by atoms with van der Waals surface area (Å²) in [5.74, 6) is -1.61. The van der Waals surface area contributed by atoms with Gasteiger partial charge in [-0.05, 0) is 33.3 Å². The molecule has 0 bridgehead atoms. The fourth-order valence-electron chi connectivity index (χ4n) is 2.10. The molecule has 1 rings (SSSR count). The monoisotopic (exact) mass is 355 g/mol. The van der Waals surface area contributed by atoms with Gasteiger partial charge in [0.15, 0.2) is 5.78 Å². The first kappa shape index (κ1) is 20.0. The number of carbonyl (C=O) groups excluding carboxylic acids is 3. The van der Waals surface area contributed by atoms with Crippen molar-refractivity contribution in [3.8, 4) is 0 Å². The number of carbonyl (C=O) groups is 3. The van der Waals surface area contributed by atoms with Crippen LogP contribution in [0, 0.1) is 0 Å². The number of amides is 1. The van der Waals surface area contributed by atoms with Gasteiger partial charge >= 0.3 is 12.1 Å². The molecule has 7 heteroatoms. The Morgan fingerprint density at radius 1 is 1.12 bits per heavy atom. The van der Waals surface area contributed by atoms with Gasteiger partial charge in [0, 0.05) is 0 Å². The van der Waals surface area contributed by atoms with Crippen molar-refractivity contribution in [2.75, 3.05) is 7.11 Å². The van der Waals surface area contributed by atoms with E-state index in [2.05, 4.69) is 10.1 Å². The molecule has 0 aliphatic rings. The molecule has 0 unspecified atom stereocenters. The largest absolute Gasteiger partial charge is 0.467 e. The molecule has 0 spiro atoms. The zero-order valence-electron chi connectivity index (χ0n) is 14.4. The Kier molecular flexibility index (Phi) is 6.37. The van der Waals surface area contributed by atoms with Crippen molar-refractivity contribution < 1.29 is 23.9 Å². The highest BCUT2D eigenvalue weighted by Gasteiger charge is 2.51. The lowest BCUT2D eigenvalue weighted by atomic mass is 9.89. The number of methoxy groups -OCH3 is 1. The Morgan fingerprint density at radius 3 is 2.08 bits per heavy atom. The van der Waals surface area contributed by atoms with Crippen molar-refractivity contribution in [1.29, 1.82) is 0 Å². The van der Waals surface area contributed by atoms with Gasteiger partial charge in [0.25, 0.3) is 0 Å². The zero-order valence-corrected chi connectivity index (χ0v) is 15.1. The Hall–Kier alpha value is -2.08. The van der Waals surface area contributed by atoms with E-state index in [1.807, 2.05) is 0 Å². The van der Waals surface area contributed by atoms with Gasteiger partial charge in [-0.2, -0.15) is 0 Å². The summed E-state index contributed by atoms with van der Waals surface area (Å²) in [6, 6.07) is 7.30. The summed E-state index contributed by atoms with van der Waals surface area (Å²) in [4.78, 5) is 34.4. The molecule has 6 nitrogen and oxygen atoms in total. The van der Waals surface area contributed by atoms with Crippen LogP contribution in [0.1, 0.15) is 39.3 Å². The number of hydrogen-bond acceptors (Lipinski definition) is 5. The van der Waals surface area contributed by atoms with E-state index in [1.54, 1.807) is 51.1 Å². The number of Topliss-reactive ketones (excluding diaryl/α,β-unsaturated/α-hetero) is 1. The first-order valence-electron chi connectivity index (χ1n) is 7.35. The predicted molar refractivity (Wildman–Crippen MR) is 89.8 cm³/mol. The minimum Gasteiger partial charge on any atom is -0.467 e. The van der Waals surface area contributed by atoms with Gasteiger partial charge in [-0.1, -0.05) is 41.9 Å². The summed E-state index contributed by atoms with van der Waals surface area (Å²) in [6.07, 6.45) is -0.800. The van der Waals surface area contributed by atoms with Crippen molar-refractivity contribution in [3.63, 3.8) is 0 Å². The molecule has 0 aliphatic heterocycles. The summed E-state index contributed by atoms with van der Waals surface area (Å²) in [5.41, 5.74) is -0.277. The third-order valence-corrected chi connectivity index (χ3v) is 3.83. The van der Waals surface area contributed by atoms with Gasteiger partial charge in [-0.25, -0.2) is 9.59 Å². The Labute approximate surface area is 146 Å². The highest BCUT2D eigenvalue weighted by atomic mass is 35.5. The van der Waals surface area contributed by atoms with E-state index in [4.69, 9.17) is 16.3 Å². The molecular weight excluding hydrogens is 334 g/mol. The topological polar surface area (TPSA) is 81.7 Å². The predicted octanol–water partition coefficient (Wildman–Crippen LogP) is 2.99. The lowest BCUT2D eigenvalue weighted by Crippen LogP contribution is -2.53. The summed E-state index contributed by atoms with van der Waals surface area (Å²) >= 11 is 6.35. The molecular formula is C17H22ClNO5. The van der Waals surface area contributed by atoms with E-state index in [0.717, 1.165) is 14.0 Å². The van der Waals surface area contributed by atoms with Crippen molar-refractivity contribution in [2.45, 2.75) is 44.2 Å². The molecule has 1 aromatic carbocycles. The van der Waals surface area contributed by atoms with Crippen LogP contribution in [0.2, 0.25) is 0 Å². The molecule has 0 aromatic heterocycles. The number of hydrogen-bond donors (Lipinski definition) is 1. The summed E-state index contributed by atoms with van der Waals surface area (Å²) in [7, 11) is 1.12. The van der Waals surface area contributed by atoms with Crippen LogP contribution < -0.4 is 5.32 Å². The van der Waals surface area contributed by atoms with Crippen LogP contribution in [0.25, 0.3) is 0 Å². The third-order valence-electron chi connectivity index (χ3n) is 3.19. The van der Waals surface area contributed by atoms with E-state index in [0.29, 0.717) is 5.56 Å². The quantitative estimate of drug-likeness (QED) is 0.499. The van der Waals surface area contributed by atoms with Gasteiger partial charge in [0.05, 0.1) is 13.2 Å². The van der Waals surface area contributed by atoms with Crippen LogP contribution in [0.15, 0.2) is 30.3 Å². The van der Waals surface area contributed by atoms with Crippen LogP contribution in [-0.2, 0) is 19.1 Å². The molecule has 132 valence electrons. The minimum atomic E-state index is -2.10. The average molecular weight is 356 g/mol. The van der Waals surface area contributed by atoms with Crippen LogP contribution in [0.4, 0.5) is 4.79 Å². The molecule has 1 amide bonds. The summed E-state index contributed by atoms with van der Waals surface area (Å²) < 4.78 is 9.88. The fraction of sp³-hybridized carbons (Fsp3) is 0.471. The number of rotatable bonds is 5. The Morgan fingerprint density at radius 2 is 1.67 bits per heavy atom. The molecule has 0 aliphatic carbocycles. The zero-order chi connectivity index (χ0) is 18.5. The van der Waals surface area contributed by atoms with Crippen LogP contribution in [0.3, 0.4) is 0 Å². The van der Waals surface area contributed by atoms with Crippen molar-refractivity contribution in [3.05, 3.63) is 35.9 Å². The molecule has 0 saturated carbocycles. The number of esters is 1. The fourth-order valence-corrected chi connectivity index (χ4v) is 2.35. The van der Waals surface area contributed by atoms with Gasteiger partial charge in [-0.3, -0.25) is 4.79 Å². The number of halogens is 1. The van der Waals surface area contributed by atoms with Crippen LogP contribution in [0.5, 0.6) is 0 Å². The van der Waals surface area contributed by atoms with Gasteiger partial charge in [0.1, 0.15) is 5.60 Å². The van der Waals surface area contributed by atoms with Crippen molar-refractivity contribution in [1.82, 2.24) is 5.32 Å². The molecule has 24 heavy (non-hydrogen) atoms. The van der Waals surface area contributed by atoms with E-state index in [-0.39, 0.29) is 0 Å². The first-order chi connectivity index (χ1) is 11.0. The molecule has 0 radical (unpaired) electrons. The standard InChI is InChI=1S/C17H22ClNO5/c1-11(20)17(18,14(21)23-5)13(12-9-7-6-8-10-12)19-15(22)24-16(2,3)4/h6-10,13H,1-5H3,(H,19,22)/t13-,17-/m1/s1. The summed E-state index contributed by atoms with van der Waals surface area (Å²) in [5, 5.41) is 2.51. The molecule has 0 saturated heterocycles. The smallest absolute Gasteiger partial charge is 0.408 e. The lowest BCUT2D eigenvalue weighted by Gasteiger charge is -2.32. The maximum absolute atomic E-state index is 12.2. The average Bonchev–Trinajstić information content (AvgIpc) is 2.50. The number of ether oxygens (including phenoxy) is 2. The minimum absolute atomic E-state index is 0.471. The first-order valence-corrected chi connectivity index (χ1v) is 7.73. The maximum atomic E-state index is 12.2. The van der Waals surface area contributed by atoms with Gasteiger partial charge in [0.2, 0.25) is 4.87 Å². The summed E-state index contributed by atoms with van der Waals surface area (Å²) in [6.45, 7) is 6.26. The third kappa shape index (κ3) is 4.71. The number of alkyl carbamates (subject to hydrolysis) is 1. The highest BCUT2D eigenvalue weighted by molar-refractivity contribution is 6.46. The van der Waals surface area contributed by atoms with Crippen molar-refractivity contribution >= 4 is 29.4 Å². The Bertz CT molecular complexity index is 611. The number of ketones is 1. The van der Waals surface area contributed by atoms with Crippen LogP contribution in [-0.4, -0.2) is 35.4 Å². The van der Waals surface area contributed by atoms with Gasteiger partial charge < -0.3 is 14.8 Å². The Balaban J connectivity index is 3.31. The molecule has 1 N–H and O–H groups in total. The van der Waals surface area contributed by atoms with Crippen LogP contribution >= 0.6 is 11.6 Å². The molecule has 0 fully saturated rings.